The Labute approximate surface area is 141 Å². The Morgan fingerprint density at radius 1 is 0.913 bits per heavy atom. The molecule has 0 amide bonds. The maximum Gasteiger partial charge on any atom is 0.129 e. The van der Waals surface area contributed by atoms with E-state index in [2.05, 4.69) is 47.8 Å². The van der Waals surface area contributed by atoms with E-state index in [1.807, 2.05) is 24.3 Å². The van der Waals surface area contributed by atoms with Crippen molar-refractivity contribution in [2.75, 3.05) is 13.1 Å². The average Bonchev–Trinajstić information content (AvgIpc) is 2.52. The first-order chi connectivity index (χ1) is 11.3. The van der Waals surface area contributed by atoms with E-state index in [0.29, 0.717) is 10.9 Å². The van der Waals surface area contributed by atoms with Crippen molar-refractivity contribution in [3.05, 3.63) is 77.3 Å². The normalized spacial score (nSPS) is 16.0. The van der Waals surface area contributed by atoms with E-state index in [0.717, 1.165) is 18.8 Å². The van der Waals surface area contributed by atoms with Gasteiger partial charge in [0.05, 0.1) is 0 Å². The zero-order chi connectivity index (χ0) is 15.6. The second-order valence-corrected chi connectivity index (χ2v) is 6.46. The van der Waals surface area contributed by atoms with Crippen molar-refractivity contribution in [1.29, 1.82) is 0 Å². The largest absolute Gasteiger partial charge is 0.485 e. The van der Waals surface area contributed by atoms with Gasteiger partial charge >= 0.3 is 0 Å². The quantitative estimate of drug-likeness (QED) is 0.742. The van der Waals surface area contributed by atoms with E-state index in [4.69, 9.17) is 16.3 Å². The van der Waals surface area contributed by atoms with Crippen molar-refractivity contribution < 1.29 is 4.74 Å². The van der Waals surface area contributed by atoms with Crippen molar-refractivity contribution in [3.8, 4) is 5.75 Å². The summed E-state index contributed by atoms with van der Waals surface area (Å²) in [5.74, 6) is 1.30. The SMILES string of the molecule is Clc1cccc(OC(c2ccc3ccccc3c2)C2CNC2)c1. The molecular weight excluding hydrogens is 306 g/mol. The van der Waals surface area contributed by atoms with E-state index in [1.54, 1.807) is 0 Å². The molecule has 0 spiro atoms. The van der Waals surface area contributed by atoms with Crippen molar-refractivity contribution >= 4 is 22.4 Å². The molecule has 3 aromatic carbocycles. The number of nitrogens with one attached hydrogen (secondary N) is 1. The van der Waals surface area contributed by atoms with Gasteiger partial charge in [-0.1, -0.05) is 54.1 Å². The molecule has 0 bridgehead atoms. The van der Waals surface area contributed by atoms with Crippen LogP contribution in [0.5, 0.6) is 5.75 Å². The van der Waals surface area contributed by atoms with Crippen LogP contribution in [0.4, 0.5) is 0 Å². The molecule has 1 atom stereocenters. The molecule has 0 saturated carbocycles. The first-order valence-electron chi connectivity index (χ1n) is 7.91. The standard InChI is InChI=1S/C20H18ClNO/c21-18-6-3-7-19(11-18)23-20(17-12-22-13-17)16-9-8-14-4-1-2-5-15(14)10-16/h1-11,17,20,22H,12-13H2. The van der Waals surface area contributed by atoms with Gasteiger partial charge in [0.1, 0.15) is 11.9 Å². The average molecular weight is 324 g/mol. The van der Waals surface area contributed by atoms with Gasteiger partial charge in [0.15, 0.2) is 0 Å². The van der Waals surface area contributed by atoms with Crippen molar-refractivity contribution in [2.45, 2.75) is 6.10 Å². The monoisotopic (exact) mass is 323 g/mol. The molecule has 3 aromatic rings. The number of fused-ring (bicyclic) bond motifs is 1. The summed E-state index contributed by atoms with van der Waals surface area (Å²) < 4.78 is 6.31. The molecule has 1 fully saturated rings. The minimum Gasteiger partial charge on any atom is -0.485 e. The van der Waals surface area contributed by atoms with E-state index in [1.165, 1.54) is 16.3 Å². The lowest BCUT2D eigenvalue weighted by molar-refractivity contribution is 0.0994. The van der Waals surface area contributed by atoms with Gasteiger partial charge in [0.2, 0.25) is 0 Å². The van der Waals surface area contributed by atoms with Crippen LogP contribution in [0.15, 0.2) is 66.7 Å². The number of halogens is 1. The highest BCUT2D eigenvalue weighted by Crippen LogP contribution is 2.33. The van der Waals surface area contributed by atoms with Crippen LogP contribution in [-0.4, -0.2) is 13.1 Å². The van der Waals surface area contributed by atoms with Crippen LogP contribution in [-0.2, 0) is 0 Å². The van der Waals surface area contributed by atoms with E-state index < -0.39 is 0 Å². The lowest BCUT2D eigenvalue weighted by atomic mass is 9.89. The summed E-state index contributed by atoms with van der Waals surface area (Å²) in [4.78, 5) is 0. The minimum absolute atomic E-state index is 0.0410. The fraction of sp³-hybridized carbons (Fsp3) is 0.200. The smallest absolute Gasteiger partial charge is 0.129 e. The first-order valence-corrected chi connectivity index (χ1v) is 8.29. The predicted octanol–water partition coefficient (Wildman–Crippen LogP) is 4.83. The molecule has 3 heteroatoms. The van der Waals surface area contributed by atoms with E-state index in [9.17, 15) is 0 Å². The maximum absolute atomic E-state index is 6.31. The number of hydrogen-bond acceptors (Lipinski definition) is 2. The van der Waals surface area contributed by atoms with Gasteiger partial charge in [-0.25, -0.2) is 0 Å². The molecule has 1 unspecified atom stereocenters. The summed E-state index contributed by atoms with van der Waals surface area (Å²) >= 11 is 6.09. The zero-order valence-electron chi connectivity index (χ0n) is 12.7. The van der Waals surface area contributed by atoms with Gasteiger partial charge in [-0.2, -0.15) is 0 Å². The van der Waals surface area contributed by atoms with E-state index >= 15 is 0 Å². The Hall–Kier alpha value is -2.03. The lowest BCUT2D eigenvalue weighted by Gasteiger charge is -2.35. The van der Waals surface area contributed by atoms with Crippen LogP contribution in [0, 0.1) is 5.92 Å². The molecule has 1 N–H and O–H groups in total. The molecule has 23 heavy (non-hydrogen) atoms. The Morgan fingerprint density at radius 3 is 2.48 bits per heavy atom. The molecular formula is C20H18ClNO. The Kier molecular flexibility index (Phi) is 3.94. The molecule has 0 aliphatic carbocycles. The highest BCUT2D eigenvalue weighted by atomic mass is 35.5. The molecule has 0 radical (unpaired) electrons. The predicted molar refractivity (Wildman–Crippen MR) is 95.1 cm³/mol. The first kappa shape index (κ1) is 14.6. The van der Waals surface area contributed by atoms with Crippen molar-refractivity contribution in [3.63, 3.8) is 0 Å². The van der Waals surface area contributed by atoms with Crippen molar-refractivity contribution in [1.82, 2.24) is 5.32 Å². The summed E-state index contributed by atoms with van der Waals surface area (Å²) in [7, 11) is 0. The topological polar surface area (TPSA) is 21.3 Å². The van der Waals surface area contributed by atoms with Crippen LogP contribution in [0.3, 0.4) is 0 Å². The fourth-order valence-corrected chi connectivity index (χ4v) is 3.21. The molecule has 2 nitrogen and oxygen atoms in total. The molecule has 1 aliphatic rings. The maximum atomic E-state index is 6.31. The van der Waals surface area contributed by atoms with Gasteiger partial charge in [0, 0.05) is 24.0 Å². The minimum atomic E-state index is 0.0410. The highest BCUT2D eigenvalue weighted by Gasteiger charge is 2.30. The number of benzene rings is 3. The molecule has 4 rings (SSSR count). The van der Waals surface area contributed by atoms with Crippen LogP contribution in [0.2, 0.25) is 5.02 Å². The number of ether oxygens (including phenoxy) is 1. The van der Waals surface area contributed by atoms with Gasteiger partial charge < -0.3 is 10.1 Å². The molecule has 116 valence electrons. The molecule has 1 saturated heterocycles. The summed E-state index contributed by atoms with van der Waals surface area (Å²) in [5, 5.41) is 6.54. The van der Waals surface area contributed by atoms with Gasteiger partial charge in [-0.05, 0) is 40.6 Å². The van der Waals surface area contributed by atoms with Crippen LogP contribution in [0.25, 0.3) is 10.8 Å². The second-order valence-electron chi connectivity index (χ2n) is 6.02. The van der Waals surface area contributed by atoms with E-state index in [-0.39, 0.29) is 6.10 Å². The van der Waals surface area contributed by atoms with Crippen LogP contribution < -0.4 is 10.1 Å². The van der Waals surface area contributed by atoms with Gasteiger partial charge in [-0.15, -0.1) is 0 Å². The van der Waals surface area contributed by atoms with Gasteiger partial charge in [0.25, 0.3) is 0 Å². The molecule has 0 aromatic heterocycles. The third-order valence-electron chi connectivity index (χ3n) is 4.40. The molecule has 1 aliphatic heterocycles. The summed E-state index contributed by atoms with van der Waals surface area (Å²) in [5.41, 5.74) is 1.22. The Balaban J connectivity index is 1.69. The fourth-order valence-electron chi connectivity index (χ4n) is 3.03. The summed E-state index contributed by atoms with van der Waals surface area (Å²) in [6, 6.07) is 22.6. The lowest BCUT2D eigenvalue weighted by Crippen LogP contribution is -2.46. The zero-order valence-corrected chi connectivity index (χ0v) is 13.5. The number of rotatable bonds is 4. The van der Waals surface area contributed by atoms with Gasteiger partial charge in [-0.3, -0.25) is 0 Å². The highest BCUT2D eigenvalue weighted by molar-refractivity contribution is 6.30. The summed E-state index contributed by atoms with van der Waals surface area (Å²) in [6.45, 7) is 1.97. The van der Waals surface area contributed by atoms with Crippen LogP contribution >= 0.6 is 11.6 Å². The second kappa shape index (κ2) is 6.23. The Bertz CT molecular complexity index is 828. The number of hydrogen-bond donors (Lipinski definition) is 1. The van der Waals surface area contributed by atoms with Crippen LogP contribution in [0.1, 0.15) is 11.7 Å². The Morgan fingerprint density at radius 2 is 1.74 bits per heavy atom. The third kappa shape index (κ3) is 3.05. The summed E-state index contributed by atoms with van der Waals surface area (Å²) in [6.07, 6.45) is 0.0410. The third-order valence-corrected chi connectivity index (χ3v) is 4.64. The molecule has 1 heterocycles. The van der Waals surface area contributed by atoms with Crippen molar-refractivity contribution in [2.24, 2.45) is 5.92 Å².